The molecule has 4 aromatic carbocycles. The fraction of sp³-hybridized carbons (Fsp3) is 0.133. The summed E-state index contributed by atoms with van der Waals surface area (Å²) in [6, 6.07) is 34.3. The van der Waals surface area contributed by atoms with Crippen molar-refractivity contribution in [2.45, 2.75) is 25.2 Å². The lowest BCUT2D eigenvalue weighted by Gasteiger charge is -2.29. The van der Waals surface area contributed by atoms with Gasteiger partial charge in [0.2, 0.25) is 0 Å². The van der Waals surface area contributed by atoms with E-state index in [2.05, 4.69) is 42.5 Å². The van der Waals surface area contributed by atoms with E-state index in [1.54, 1.807) is 12.1 Å². The van der Waals surface area contributed by atoms with Gasteiger partial charge in [0, 0.05) is 5.56 Å². The highest BCUT2D eigenvalue weighted by Crippen LogP contribution is 2.45. The fourth-order valence-corrected chi connectivity index (χ4v) is 4.79. The monoisotopic (exact) mass is 418 g/mol. The Labute approximate surface area is 189 Å². The normalized spacial score (nSPS) is 16.2. The molecule has 1 aliphatic carbocycles. The molecule has 0 heterocycles. The third kappa shape index (κ3) is 4.04. The van der Waals surface area contributed by atoms with E-state index in [4.69, 9.17) is 0 Å². The van der Waals surface area contributed by atoms with Gasteiger partial charge in [0.1, 0.15) is 11.5 Å². The van der Waals surface area contributed by atoms with Crippen molar-refractivity contribution < 1.29 is 10.2 Å². The lowest BCUT2D eigenvalue weighted by molar-refractivity contribution is 0.475. The Hall–Kier alpha value is -3.78. The Kier molecular flexibility index (Phi) is 5.51. The average molecular weight is 419 g/mol. The standard InChI is InChI=1S/C30H26O2/c31-26-15-11-23(12-16-26)27-17-13-24(19-28(27)21-7-3-1-4-8-21)25-14-18-30(32)29(20-25)22-9-5-2-6-10-22/h1-12,14-16,18,20,24,31-32H,13,17,19H2. The Morgan fingerprint density at radius 2 is 1.22 bits per heavy atom. The molecular weight excluding hydrogens is 392 g/mol. The van der Waals surface area contributed by atoms with Crippen molar-refractivity contribution in [2.24, 2.45) is 0 Å². The van der Waals surface area contributed by atoms with Gasteiger partial charge < -0.3 is 10.2 Å². The lowest BCUT2D eigenvalue weighted by atomic mass is 9.75. The number of allylic oxidation sites excluding steroid dienone is 2. The summed E-state index contributed by atoms with van der Waals surface area (Å²) in [7, 11) is 0. The van der Waals surface area contributed by atoms with E-state index in [0.717, 1.165) is 30.4 Å². The summed E-state index contributed by atoms with van der Waals surface area (Å²) >= 11 is 0. The van der Waals surface area contributed by atoms with Gasteiger partial charge in [0.25, 0.3) is 0 Å². The maximum atomic E-state index is 10.5. The minimum Gasteiger partial charge on any atom is -0.508 e. The molecule has 0 aliphatic heterocycles. The number of benzene rings is 4. The van der Waals surface area contributed by atoms with Crippen molar-refractivity contribution in [1.29, 1.82) is 0 Å². The number of hydrogen-bond acceptors (Lipinski definition) is 2. The highest BCUT2D eigenvalue weighted by Gasteiger charge is 2.25. The maximum absolute atomic E-state index is 10.5. The zero-order valence-electron chi connectivity index (χ0n) is 17.9. The average Bonchev–Trinajstić information content (AvgIpc) is 2.86. The maximum Gasteiger partial charge on any atom is 0.123 e. The van der Waals surface area contributed by atoms with Crippen LogP contribution in [0.5, 0.6) is 11.5 Å². The molecule has 0 amide bonds. The second-order valence-corrected chi connectivity index (χ2v) is 8.45. The van der Waals surface area contributed by atoms with Gasteiger partial charge in [0.15, 0.2) is 0 Å². The predicted molar refractivity (Wildman–Crippen MR) is 131 cm³/mol. The summed E-state index contributed by atoms with van der Waals surface area (Å²) in [6.45, 7) is 0. The van der Waals surface area contributed by atoms with Crippen molar-refractivity contribution >= 4 is 11.1 Å². The summed E-state index contributed by atoms with van der Waals surface area (Å²) in [5.74, 6) is 0.996. The summed E-state index contributed by atoms with van der Waals surface area (Å²) in [5, 5.41) is 20.2. The van der Waals surface area contributed by atoms with E-state index < -0.39 is 0 Å². The number of phenols is 2. The van der Waals surface area contributed by atoms with Crippen molar-refractivity contribution in [3.8, 4) is 22.6 Å². The van der Waals surface area contributed by atoms with Crippen LogP contribution in [0.3, 0.4) is 0 Å². The van der Waals surface area contributed by atoms with Gasteiger partial charge in [-0.25, -0.2) is 0 Å². The van der Waals surface area contributed by atoms with Crippen LogP contribution in [0.25, 0.3) is 22.3 Å². The zero-order valence-corrected chi connectivity index (χ0v) is 17.9. The largest absolute Gasteiger partial charge is 0.508 e. The lowest BCUT2D eigenvalue weighted by Crippen LogP contribution is -2.09. The van der Waals surface area contributed by atoms with Crippen LogP contribution in [0.1, 0.15) is 41.9 Å². The molecule has 1 aliphatic rings. The summed E-state index contributed by atoms with van der Waals surface area (Å²) in [6.07, 6.45) is 2.96. The first-order valence-corrected chi connectivity index (χ1v) is 11.1. The van der Waals surface area contributed by atoms with E-state index in [-0.39, 0.29) is 0 Å². The van der Waals surface area contributed by atoms with Crippen LogP contribution in [0, 0.1) is 0 Å². The molecular formula is C30H26O2. The first-order valence-electron chi connectivity index (χ1n) is 11.1. The molecule has 0 aromatic heterocycles. The molecule has 0 saturated heterocycles. The fourth-order valence-electron chi connectivity index (χ4n) is 4.79. The quantitative estimate of drug-likeness (QED) is 0.357. The van der Waals surface area contributed by atoms with Crippen LogP contribution in [-0.4, -0.2) is 10.2 Å². The number of aromatic hydroxyl groups is 2. The molecule has 0 fully saturated rings. The molecule has 4 aromatic rings. The van der Waals surface area contributed by atoms with Crippen molar-refractivity contribution in [3.05, 3.63) is 120 Å². The molecule has 2 heteroatoms. The topological polar surface area (TPSA) is 40.5 Å². The number of rotatable bonds is 4. The molecule has 1 unspecified atom stereocenters. The van der Waals surface area contributed by atoms with Crippen molar-refractivity contribution in [2.75, 3.05) is 0 Å². The Bertz CT molecular complexity index is 1240. The highest BCUT2D eigenvalue weighted by molar-refractivity contribution is 5.92. The van der Waals surface area contributed by atoms with Gasteiger partial charge in [-0.1, -0.05) is 78.9 Å². The van der Waals surface area contributed by atoms with Gasteiger partial charge in [-0.3, -0.25) is 0 Å². The second kappa shape index (κ2) is 8.76. The van der Waals surface area contributed by atoms with Gasteiger partial charge in [-0.15, -0.1) is 0 Å². The third-order valence-corrected chi connectivity index (χ3v) is 6.47. The molecule has 0 saturated carbocycles. The second-order valence-electron chi connectivity index (χ2n) is 8.45. The summed E-state index contributed by atoms with van der Waals surface area (Å²) in [5.41, 5.74) is 8.33. The van der Waals surface area contributed by atoms with Crippen molar-refractivity contribution in [3.63, 3.8) is 0 Å². The van der Waals surface area contributed by atoms with E-state index in [1.165, 1.54) is 27.8 Å². The van der Waals surface area contributed by atoms with Gasteiger partial charge in [-0.2, -0.15) is 0 Å². The molecule has 158 valence electrons. The highest BCUT2D eigenvalue weighted by atomic mass is 16.3. The van der Waals surface area contributed by atoms with Crippen LogP contribution >= 0.6 is 0 Å². The molecule has 5 rings (SSSR count). The van der Waals surface area contributed by atoms with E-state index in [9.17, 15) is 10.2 Å². The molecule has 0 spiro atoms. The van der Waals surface area contributed by atoms with Gasteiger partial charge >= 0.3 is 0 Å². The predicted octanol–water partition coefficient (Wildman–Crippen LogP) is 7.64. The van der Waals surface area contributed by atoms with Crippen LogP contribution in [-0.2, 0) is 0 Å². The first kappa shape index (κ1) is 20.1. The molecule has 2 nitrogen and oxygen atoms in total. The number of hydrogen-bond donors (Lipinski definition) is 2. The molecule has 1 atom stereocenters. The molecule has 2 N–H and O–H groups in total. The van der Waals surface area contributed by atoms with Gasteiger partial charge in [-0.05, 0) is 82.8 Å². The SMILES string of the molecule is Oc1ccc(C2=C(c3ccccc3)CC(c3ccc(O)c(-c4ccccc4)c3)CC2)cc1. The van der Waals surface area contributed by atoms with Crippen LogP contribution in [0.15, 0.2) is 103 Å². The Balaban J connectivity index is 1.54. The Morgan fingerprint density at radius 1 is 0.594 bits per heavy atom. The van der Waals surface area contributed by atoms with Gasteiger partial charge in [0.05, 0.1) is 0 Å². The van der Waals surface area contributed by atoms with Crippen LogP contribution in [0.4, 0.5) is 0 Å². The third-order valence-electron chi connectivity index (χ3n) is 6.47. The van der Waals surface area contributed by atoms with E-state index in [1.807, 2.05) is 48.5 Å². The minimum atomic E-state index is 0.293. The molecule has 0 radical (unpaired) electrons. The molecule has 0 bridgehead atoms. The number of phenolic OH excluding ortho intramolecular Hbond substituents is 2. The van der Waals surface area contributed by atoms with E-state index in [0.29, 0.717) is 17.4 Å². The minimum absolute atomic E-state index is 0.293. The smallest absolute Gasteiger partial charge is 0.123 e. The molecule has 32 heavy (non-hydrogen) atoms. The van der Waals surface area contributed by atoms with Crippen LogP contribution < -0.4 is 0 Å². The van der Waals surface area contributed by atoms with E-state index >= 15 is 0 Å². The first-order chi connectivity index (χ1) is 15.7. The summed E-state index contributed by atoms with van der Waals surface area (Å²) in [4.78, 5) is 0. The Morgan fingerprint density at radius 3 is 1.91 bits per heavy atom. The van der Waals surface area contributed by atoms with Crippen LogP contribution in [0.2, 0.25) is 0 Å². The zero-order chi connectivity index (χ0) is 21.9. The van der Waals surface area contributed by atoms with Crippen molar-refractivity contribution in [1.82, 2.24) is 0 Å². The summed E-state index contributed by atoms with van der Waals surface area (Å²) < 4.78 is 0.